The summed E-state index contributed by atoms with van der Waals surface area (Å²) in [7, 11) is 0. The van der Waals surface area contributed by atoms with Gasteiger partial charge in [-0.2, -0.15) is 0 Å². The lowest BCUT2D eigenvalue weighted by Gasteiger charge is -2.35. The van der Waals surface area contributed by atoms with E-state index in [2.05, 4.69) is 20.5 Å². The van der Waals surface area contributed by atoms with Crippen LogP contribution in [-0.4, -0.2) is 51.5 Å². The summed E-state index contributed by atoms with van der Waals surface area (Å²) < 4.78 is 1.29. The molecule has 1 aliphatic heterocycles. The van der Waals surface area contributed by atoms with Crippen LogP contribution in [0.5, 0.6) is 0 Å². The number of carbonyl (C=O) groups excluding carboxylic acids is 1. The molecule has 1 aliphatic carbocycles. The van der Waals surface area contributed by atoms with E-state index in [-0.39, 0.29) is 30.5 Å². The van der Waals surface area contributed by atoms with Gasteiger partial charge in [-0.1, -0.05) is 36.6 Å². The van der Waals surface area contributed by atoms with Crippen molar-refractivity contribution in [2.45, 2.75) is 64.0 Å². The molecule has 2 fully saturated rings. The van der Waals surface area contributed by atoms with Crippen LogP contribution >= 0.6 is 0 Å². The van der Waals surface area contributed by atoms with Gasteiger partial charge in [0.1, 0.15) is 5.52 Å². The molecule has 2 heterocycles. The first-order valence-corrected chi connectivity index (χ1v) is 11.0. The van der Waals surface area contributed by atoms with Gasteiger partial charge in [0.15, 0.2) is 0 Å². The molecular weight excluding hydrogens is 366 g/mol. The molecule has 29 heavy (non-hydrogen) atoms. The number of likely N-dealkylation sites (tertiary alicyclic amines) is 1. The van der Waals surface area contributed by atoms with Crippen LogP contribution < -0.4 is 10.9 Å². The molecule has 4 rings (SSSR count). The van der Waals surface area contributed by atoms with Gasteiger partial charge in [-0.25, -0.2) is 4.68 Å². The highest BCUT2D eigenvalue weighted by Gasteiger charge is 2.23. The van der Waals surface area contributed by atoms with E-state index >= 15 is 0 Å². The average Bonchev–Trinajstić information content (AvgIpc) is 2.76. The summed E-state index contributed by atoms with van der Waals surface area (Å²) in [5, 5.41) is 11.7. The lowest BCUT2D eigenvalue weighted by atomic mass is 9.88. The third kappa shape index (κ3) is 5.21. The van der Waals surface area contributed by atoms with Crippen LogP contribution in [0.3, 0.4) is 0 Å². The second kappa shape index (κ2) is 9.48. The number of hydrogen-bond acceptors (Lipinski definition) is 5. The zero-order valence-electron chi connectivity index (χ0n) is 17.1. The zero-order valence-corrected chi connectivity index (χ0v) is 17.1. The summed E-state index contributed by atoms with van der Waals surface area (Å²) in [6, 6.07) is 7.38. The third-order valence-electron chi connectivity index (χ3n) is 6.37. The first-order valence-electron chi connectivity index (χ1n) is 11.0. The topological polar surface area (TPSA) is 80.1 Å². The minimum absolute atomic E-state index is 0.0161. The lowest BCUT2D eigenvalue weighted by Crippen LogP contribution is -2.46. The fourth-order valence-electron chi connectivity index (χ4n) is 4.67. The van der Waals surface area contributed by atoms with Gasteiger partial charge < -0.3 is 10.2 Å². The molecule has 1 saturated carbocycles. The number of nitrogens with one attached hydrogen (secondary N) is 1. The number of carbonyl (C=O) groups is 1. The van der Waals surface area contributed by atoms with Crippen molar-refractivity contribution in [3.63, 3.8) is 0 Å². The molecule has 1 aromatic carbocycles. The van der Waals surface area contributed by atoms with Crippen molar-refractivity contribution < 1.29 is 4.79 Å². The quantitative estimate of drug-likeness (QED) is 0.809. The maximum atomic E-state index is 12.5. The second-order valence-electron chi connectivity index (χ2n) is 8.53. The minimum Gasteiger partial charge on any atom is -0.353 e. The molecule has 156 valence electrons. The van der Waals surface area contributed by atoms with Gasteiger partial charge in [0.25, 0.3) is 5.56 Å². The Labute approximate surface area is 171 Å². The van der Waals surface area contributed by atoms with Gasteiger partial charge in [-0.15, -0.1) is 5.10 Å². The van der Waals surface area contributed by atoms with E-state index in [9.17, 15) is 9.59 Å². The van der Waals surface area contributed by atoms with E-state index in [0.717, 1.165) is 31.8 Å². The van der Waals surface area contributed by atoms with Crippen molar-refractivity contribution in [2.24, 2.45) is 5.92 Å². The highest BCUT2D eigenvalue weighted by molar-refractivity contribution is 5.77. The number of hydrogen-bond donors (Lipinski definition) is 1. The van der Waals surface area contributed by atoms with Crippen LogP contribution in [0.25, 0.3) is 10.9 Å². The maximum absolute atomic E-state index is 12.5. The van der Waals surface area contributed by atoms with Gasteiger partial charge >= 0.3 is 0 Å². The Balaban J connectivity index is 1.21. The third-order valence-corrected chi connectivity index (χ3v) is 6.37. The Morgan fingerprint density at radius 2 is 1.83 bits per heavy atom. The van der Waals surface area contributed by atoms with Crippen molar-refractivity contribution in [1.82, 2.24) is 25.2 Å². The van der Waals surface area contributed by atoms with Gasteiger partial charge in [0.05, 0.1) is 11.9 Å². The summed E-state index contributed by atoms with van der Waals surface area (Å²) in [5.74, 6) is 0.855. The predicted octanol–water partition coefficient (Wildman–Crippen LogP) is 2.34. The fourth-order valence-corrected chi connectivity index (χ4v) is 4.67. The Kier molecular flexibility index (Phi) is 6.54. The number of rotatable bonds is 6. The molecule has 2 aromatic rings. The molecule has 1 N–H and O–H groups in total. The normalized spacial score (nSPS) is 19.4. The van der Waals surface area contributed by atoms with Crippen LogP contribution in [0.1, 0.15) is 51.4 Å². The van der Waals surface area contributed by atoms with E-state index in [1.807, 2.05) is 12.1 Å². The summed E-state index contributed by atoms with van der Waals surface area (Å²) in [5.41, 5.74) is 0.387. The number of aryl methyl sites for hydroxylation is 1. The molecule has 7 nitrogen and oxygen atoms in total. The molecule has 0 atom stereocenters. The Hall–Kier alpha value is -2.28. The molecule has 1 amide bonds. The van der Waals surface area contributed by atoms with Crippen molar-refractivity contribution >= 4 is 16.8 Å². The highest BCUT2D eigenvalue weighted by atomic mass is 16.2. The highest BCUT2D eigenvalue weighted by Crippen LogP contribution is 2.25. The van der Waals surface area contributed by atoms with E-state index in [1.165, 1.54) is 43.3 Å². The molecule has 7 heteroatoms. The van der Waals surface area contributed by atoms with Crippen molar-refractivity contribution in [2.75, 3.05) is 19.6 Å². The van der Waals surface area contributed by atoms with Crippen LogP contribution in [0.2, 0.25) is 0 Å². The Bertz CT molecular complexity index is 882. The van der Waals surface area contributed by atoms with Crippen LogP contribution in [0.4, 0.5) is 0 Å². The van der Waals surface area contributed by atoms with Crippen molar-refractivity contribution in [1.29, 1.82) is 0 Å². The molecule has 1 aromatic heterocycles. The van der Waals surface area contributed by atoms with Gasteiger partial charge in [0.2, 0.25) is 5.91 Å². The maximum Gasteiger partial charge on any atom is 0.277 e. The molecule has 0 unspecified atom stereocenters. The Morgan fingerprint density at radius 3 is 2.62 bits per heavy atom. The Morgan fingerprint density at radius 1 is 1.07 bits per heavy atom. The predicted molar refractivity (Wildman–Crippen MR) is 113 cm³/mol. The molecule has 0 radical (unpaired) electrons. The van der Waals surface area contributed by atoms with Crippen molar-refractivity contribution in [3.8, 4) is 0 Å². The van der Waals surface area contributed by atoms with Gasteiger partial charge in [-0.3, -0.25) is 9.59 Å². The number of aromatic nitrogens is 3. The smallest absolute Gasteiger partial charge is 0.277 e. The number of fused-ring (bicyclic) bond motifs is 1. The van der Waals surface area contributed by atoms with Gasteiger partial charge in [-0.05, 0) is 43.7 Å². The molecular formula is C22H31N5O2. The second-order valence-corrected chi connectivity index (χ2v) is 8.53. The number of piperidine rings is 1. The van der Waals surface area contributed by atoms with Crippen LogP contribution in [0, 0.1) is 5.92 Å². The average molecular weight is 398 g/mol. The molecule has 0 spiro atoms. The van der Waals surface area contributed by atoms with E-state index in [1.54, 1.807) is 12.1 Å². The largest absolute Gasteiger partial charge is 0.353 e. The summed E-state index contributed by atoms with van der Waals surface area (Å²) in [6.45, 7) is 3.61. The zero-order chi connectivity index (χ0) is 20.1. The SMILES string of the molecule is O=C(CCn1nnc2ccccc2c1=O)NC1CCN(CC2CCCCC2)CC1. The first kappa shape index (κ1) is 20.0. The number of benzene rings is 1. The fraction of sp³-hybridized carbons (Fsp3) is 0.636. The standard InChI is InChI=1S/C22H31N5O2/c28-21(12-15-27-22(29)19-8-4-5-9-20(19)24-25-27)23-18-10-13-26(14-11-18)16-17-6-2-1-3-7-17/h4-5,8-9,17-18H,1-3,6-7,10-16H2,(H,23,28). The number of nitrogens with zero attached hydrogens (tertiary/aromatic N) is 4. The van der Waals surface area contributed by atoms with E-state index in [4.69, 9.17) is 0 Å². The monoisotopic (exact) mass is 397 g/mol. The van der Waals surface area contributed by atoms with Crippen LogP contribution in [-0.2, 0) is 11.3 Å². The summed E-state index contributed by atoms with van der Waals surface area (Å²) >= 11 is 0. The van der Waals surface area contributed by atoms with Crippen molar-refractivity contribution in [3.05, 3.63) is 34.6 Å². The minimum atomic E-state index is -0.195. The lowest BCUT2D eigenvalue weighted by molar-refractivity contribution is -0.122. The molecule has 1 saturated heterocycles. The summed E-state index contributed by atoms with van der Waals surface area (Å²) in [4.78, 5) is 27.4. The van der Waals surface area contributed by atoms with Crippen LogP contribution in [0.15, 0.2) is 29.1 Å². The van der Waals surface area contributed by atoms with E-state index in [0.29, 0.717) is 10.9 Å². The first-order chi connectivity index (χ1) is 14.2. The van der Waals surface area contributed by atoms with E-state index < -0.39 is 0 Å². The van der Waals surface area contributed by atoms with Gasteiger partial charge in [0, 0.05) is 32.1 Å². The summed E-state index contributed by atoms with van der Waals surface area (Å²) in [6.07, 6.45) is 9.21. The molecule has 2 aliphatic rings. The number of amides is 1. The molecule has 0 bridgehead atoms.